The highest BCUT2D eigenvalue weighted by Gasteiger charge is 2.03. The summed E-state index contributed by atoms with van der Waals surface area (Å²) in [4.78, 5) is 11.6. The Morgan fingerprint density at radius 2 is 1.27 bits per heavy atom. The fourth-order valence-electron chi connectivity index (χ4n) is 2.39. The molecule has 0 fully saturated rings. The molecule has 2 nitrogen and oxygen atoms in total. The molecule has 0 bridgehead atoms. The van der Waals surface area contributed by atoms with Gasteiger partial charge in [0.05, 0.1) is 0 Å². The SMILES string of the molecule is CCCCC/C=C\C/C=C\C/C=C\C/C=C\CCCC(=O)N[C@@H](C)CC. The quantitative estimate of drug-likeness (QED) is 0.232. The molecule has 1 N–H and O–H groups in total. The highest BCUT2D eigenvalue weighted by molar-refractivity contribution is 5.76. The minimum atomic E-state index is 0.176. The van der Waals surface area contributed by atoms with Gasteiger partial charge in [-0.1, -0.05) is 75.3 Å². The molecule has 0 spiro atoms. The molecule has 0 saturated carbocycles. The van der Waals surface area contributed by atoms with Gasteiger partial charge in [-0.25, -0.2) is 0 Å². The summed E-state index contributed by atoms with van der Waals surface area (Å²) >= 11 is 0. The summed E-state index contributed by atoms with van der Waals surface area (Å²) in [5.74, 6) is 0.176. The van der Waals surface area contributed by atoms with Gasteiger partial charge in [0.15, 0.2) is 0 Å². The molecule has 0 aliphatic heterocycles. The van der Waals surface area contributed by atoms with Crippen molar-refractivity contribution < 1.29 is 4.79 Å². The molecule has 148 valence electrons. The number of nitrogens with one attached hydrogen (secondary N) is 1. The molecule has 0 aliphatic carbocycles. The van der Waals surface area contributed by atoms with Crippen molar-refractivity contribution in [1.82, 2.24) is 5.32 Å². The van der Waals surface area contributed by atoms with Crippen molar-refractivity contribution in [2.45, 2.75) is 97.4 Å². The van der Waals surface area contributed by atoms with E-state index in [4.69, 9.17) is 0 Å². The molecule has 0 aromatic rings. The van der Waals surface area contributed by atoms with E-state index < -0.39 is 0 Å². The first kappa shape index (κ1) is 24.4. The highest BCUT2D eigenvalue weighted by Crippen LogP contribution is 2.01. The van der Waals surface area contributed by atoms with E-state index in [1.165, 1.54) is 25.7 Å². The number of rotatable bonds is 16. The lowest BCUT2D eigenvalue weighted by Crippen LogP contribution is -2.31. The number of amides is 1. The van der Waals surface area contributed by atoms with Crippen LogP contribution in [0.4, 0.5) is 0 Å². The second-order valence-electron chi connectivity index (χ2n) is 6.86. The second-order valence-corrected chi connectivity index (χ2v) is 6.86. The normalized spacial score (nSPS) is 13.5. The third kappa shape index (κ3) is 18.8. The van der Waals surface area contributed by atoms with E-state index in [2.05, 4.69) is 67.8 Å². The first-order valence-electron chi connectivity index (χ1n) is 10.6. The number of hydrogen-bond acceptors (Lipinski definition) is 1. The van der Waals surface area contributed by atoms with Crippen molar-refractivity contribution in [3.8, 4) is 0 Å². The van der Waals surface area contributed by atoms with Gasteiger partial charge >= 0.3 is 0 Å². The topological polar surface area (TPSA) is 29.1 Å². The largest absolute Gasteiger partial charge is 0.354 e. The molecular formula is C24H41NO. The lowest BCUT2D eigenvalue weighted by Gasteiger charge is -2.10. The number of allylic oxidation sites excluding steroid dienone is 8. The first-order valence-corrected chi connectivity index (χ1v) is 10.6. The van der Waals surface area contributed by atoms with E-state index in [-0.39, 0.29) is 5.91 Å². The summed E-state index contributed by atoms with van der Waals surface area (Å²) in [7, 11) is 0. The van der Waals surface area contributed by atoms with Crippen molar-refractivity contribution in [2.24, 2.45) is 0 Å². The summed E-state index contributed by atoms with van der Waals surface area (Å²) in [6.45, 7) is 6.37. The maximum absolute atomic E-state index is 11.6. The lowest BCUT2D eigenvalue weighted by atomic mass is 10.2. The van der Waals surface area contributed by atoms with Crippen molar-refractivity contribution in [3.63, 3.8) is 0 Å². The Kier molecular flexibility index (Phi) is 18.6. The molecule has 1 amide bonds. The monoisotopic (exact) mass is 359 g/mol. The zero-order valence-electron chi connectivity index (χ0n) is 17.4. The van der Waals surface area contributed by atoms with Gasteiger partial charge < -0.3 is 5.32 Å². The van der Waals surface area contributed by atoms with Gasteiger partial charge in [-0.05, 0) is 58.3 Å². The number of unbranched alkanes of at least 4 members (excludes halogenated alkanes) is 4. The Morgan fingerprint density at radius 3 is 1.77 bits per heavy atom. The highest BCUT2D eigenvalue weighted by atomic mass is 16.1. The maximum atomic E-state index is 11.6. The minimum Gasteiger partial charge on any atom is -0.354 e. The van der Waals surface area contributed by atoms with Gasteiger partial charge in [0, 0.05) is 12.5 Å². The maximum Gasteiger partial charge on any atom is 0.220 e. The van der Waals surface area contributed by atoms with Crippen molar-refractivity contribution in [3.05, 3.63) is 48.6 Å². The zero-order chi connectivity index (χ0) is 19.3. The van der Waals surface area contributed by atoms with Crippen LogP contribution < -0.4 is 5.32 Å². The molecule has 0 aromatic heterocycles. The predicted molar refractivity (Wildman–Crippen MR) is 116 cm³/mol. The molecule has 0 heterocycles. The van der Waals surface area contributed by atoms with Crippen molar-refractivity contribution in [2.75, 3.05) is 0 Å². The van der Waals surface area contributed by atoms with Gasteiger partial charge in [-0.3, -0.25) is 4.79 Å². The number of carbonyl (C=O) groups excluding carboxylic acids is 1. The van der Waals surface area contributed by atoms with Gasteiger partial charge in [-0.15, -0.1) is 0 Å². The zero-order valence-corrected chi connectivity index (χ0v) is 17.4. The van der Waals surface area contributed by atoms with E-state index in [1.54, 1.807) is 0 Å². The number of hydrogen-bond donors (Lipinski definition) is 1. The summed E-state index contributed by atoms with van der Waals surface area (Å²) in [6, 6.07) is 0.291. The average molecular weight is 360 g/mol. The summed E-state index contributed by atoms with van der Waals surface area (Å²) < 4.78 is 0. The molecule has 0 saturated heterocycles. The molecule has 0 rings (SSSR count). The van der Waals surface area contributed by atoms with Crippen LogP contribution in [-0.4, -0.2) is 11.9 Å². The van der Waals surface area contributed by atoms with E-state index in [9.17, 15) is 4.79 Å². The van der Waals surface area contributed by atoms with Crippen LogP contribution in [0.25, 0.3) is 0 Å². The molecule has 0 aliphatic rings. The van der Waals surface area contributed by atoms with Crippen LogP contribution in [0.3, 0.4) is 0 Å². The molecule has 1 atom stereocenters. The Bertz CT molecular complexity index is 431. The summed E-state index contributed by atoms with van der Waals surface area (Å²) in [6.07, 6.45) is 29.5. The van der Waals surface area contributed by atoms with Crippen LogP contribution in [0.15, 0.2) is 48.6 Å². The summed E-state index contributed by atoms with van der Waals surface area (Å²) in [5.41, 5.74) is 0. The van der Waals surface area contributed by atoms with Crippen LogP contribution in [0.2, 0.25) is 0 Å². The van der Waals surface area contributed by atoms with Crippen LogP contribution in [0.5, 0.6) is 0 Å². The fraction of sp³-hybridized carbons (Fsp3) is 0.625. The third-order valence-electron chi connectivity index (χ3n) is 4.25. The Morgan fingerprint density at radius 1 is 0.769 bits per heavy atom. The van der Waals surface area contributed by atoms with E-state index in [0.717, 1.165) is 38.5 Å². The molecule has 0 unspecified atom stereocenters. The summed E-state index contributed by atoms with van der Waals surface area (Å²) in [5, 5.41) is 3.00. The standard InChI is InChI=1S/C24H41NO/c1-4-6-7-8-9-10-11-12-13-14-15-16-17-18-19-20-21-22-24(26)25-23(3)5-2/h9-10,12-13,15-16,18-19,23H,4-8,11,14,17,20-22H2,1-3H3,(H,25,26)/b10-9-,13-12-,16-15-,19-18-/t23-/m0/s1. The van der Waals surface area contributed by atoms with Crippen molar-refractivity contribution in [1.29, 1.82) is 0 Å². The van der Waals surface area contributed by atoms with Crippen molar-refractivity contribution >= 4 is 5.91 Å². The fourth-order valence-corrected chi connectivity index (χ4v) is 2.39. The average Bonchev–Trinajstić information content (AvgIpc) is 2.64. The smallest absolute Gasteiger partial charge is 0.220 e. The van der Waals surface area contributed by atoms with Crippen LogP contribution >= 0.6 is 0 Å². The number of carbonyl (C=O) groups is 1. The van der Waals surface area contributed by atoms with Gasteiger partial charge in [0.25, 0.3) is 0 Å². The Labute approximate surface area is 162 Å². The van der Waals surface area contributed by atoms with Gasteiger partial charge in [0.2, 0.25) is 5.91 Å². The Balaban J connectivity index is 3.50. The van der Waals surface area contributed by atoms with Crippen LogP contribution in [0.1, 0.15) is 91.4 Å². The van der Waals surface area contributed by atoms with E-state index in [1.807, 2.05) is 6.92 Å². The predicted octanol–water partition coefficient (Wildman–Crippen LogP) is 7.05. The minimum absolute atomic E-state index is 0.176. The van der Waals surface area contributed by atoms with Crippen LogP contribution in [0, 0.1) is 0 Å². The van der Waals surface area contributed by atoms with Gasteiger partial charge in [-0.2, -0.15) is 0 Å². The lowest BCUT2D eigenvalue weighted by molar-refractivity contribution is -0.121. The molecule has 0 radical (unpaired) electrons. The second kappa shape index (κ2) is 19.8. The first-order chi connectivity index (χ1) is 12.7. The van der Waals surface area contributed by atoms with Crippen LogP contribution in [-0.2, 0) is 4.79 Å². The van der Waals surface area contributed by atoms with E-state index in [0.29, 0.717) is 12.5 Å². The molecular weight excluding hydrogens is 318 g/mol. The molecule has 0 aromatic carbocycles. The Hall–Kier alpha value is -1.57. The van der Waals surface area contributed by atoms with E-state index >= 15 is 0 Å². The third-order valence-corrected chi connectivity index (χ3v) is 4.25. The molecule has 2 heteroatoms. The molecule has 26 heavy (non-hydrogen) atoms. The van der Waals surface area contributed by atoms with Gasteiger partial charge in [0.1, 0.15) is 0 Å².